The molecule has 2 rings (SSSR count). The number of aliphatic hydroxyl groups excluding tert-OH is 1. The highest BCUT2D eigenvalue weighted by Gasteiger charge is 2.20. The summed E-state index contributed by atoms with van der Waals surface area (Å²) in [4.78, 5) is 13.0. The van der Waals surface area contributed by atoms with Crippen LogP contribution in [-0.4, -0.2) is 40.3 Å². The van der Waals surface area contributed by atoms with Crippen LogP contribution in [-0.2, 0) is 0 Å². The van der Waals surface area contributed by atoms with E-state index in [1.54, 1.807) is 6.07 Å². The zero-order chi connectivity index (χ0) is 14.5. The average molecular weight is 312 g/mol. The molecule has 2 heterocycles. The molecule has 0 saturated carbocycles. The second-order valence-corrected chi connectivity index (χ2v) is 6.30. The van der Waals surface area contributed by atoms with Crippen LogP contribution in [0.4, 0.5) is 0 Å². The van der Waals surface area contributed by atoms with Crippen LogP contribution in [0, 0.1) is 0 Å². The number of aromatic nitrogens is 1. The number of amides is 1. The van der Waals surface area contributed by atoms with Crippen molar-refractivity contribution in [1.82, 2.24) is 10.5 Å². The molecule has 0 radical (unpaired) electrons. The average Bonchev–Trinajstić information content (AvgIpc) is 3.11. The van der Waals surface area contributed by atoms with Gasteiger partial charge in [-0.25, -0.2) is 0 Å². The molecule has 0 aliphatic rings. The fraction of sp³-hybridized carbons (Fsp3) is 0.385. The summed E-state index contributed by atoms with van der Waals surface area (Å²) < 4.78 is 5.17. The summed E-state index contributed by atoms with van der Waals surface area (Å²) in [7, 11) is 0. The van der Waals surface area contributed by atoms with Gasteiger partial charge in [-0.15, -0.1) is 11.3 Å². The molecule has 108 valence electrons. The lowest BCUT2D eigenvalue weighted by atomic mass is 10.2. The molecule has 2 aromatic rings. The molecular weight excluding hydrogens is 296 g/mol. The Balaban J connectivity index is 2.03. The summed E-state index contributed by atoms with van der Waals surface area (Å²) in [5.41, 5.74) is 0.248. The van der Waals surface area contributed by atoms with Gasteiger partial charge in [0.1, 0.15) is 0 Å². The molecule has 7 heteroatoms. The Morgan fingerprint density at radius 2 is 2.45 bits per heavy atom. The van der Waals surface area contributed by atoms with Gasteiger partial charge in [0.25, 0.3) is 5.91 Å². The van der Waals surface area contributed by atoms with E-state index in [1.807, 2.05) is 30.7 Å². The van der Waals surface area contributed by atoms with E-state index in [1.165, 1.54) is 23.1 Å². The number of hydrogen-bond donors (Lipinski definition) is 2. The number of aliphatic hydroxyl groups is 1. The summed E-state index contributed by atoms with van der Waals surface area (Å²) in [5.74, 6) is 0.290. The van der Waals surface area contributed by atoms with Crippen LogP contribution in [0.3, 0.4) is 0 Å². The number of carbonyl (C=O) groups excluding carboxylic acids is 1. The first-order chi connectivity index (χ1) is 9.65. The SMILES string of the molecule is CSC(CO)C(C)NC(=O)c1cc(-c2cccs2)on1. The molecule has 0 spiro atoms. The molecule has 2 atom stereocenters. The van der Waals surface area contributed by atoms with E-state index in [0.717, 1.165) is 4.88 Å². The number of hydrogen-bond acceptors (Lipinski definition) is 6. The minimum absolute atomic E-state index is 0.0157. The Bertz CT molecular complexity index is 550. The Morgan fingerprint density at radius 3 is 3.05 bits per heavy atom. The summed E-state index contributed by atoms with van der Waals surface area (Å²) in [6, 6.07) is 5.30. The highest BCUT2D eigenvalue weighted by molar-refractivity contribution is 7.99. The van der Waals surface area contributed by atoms with Crippen molar-refractivity contribution in [2.75, 3.05) is 12.9 Å². The van der Waals surface area contributed by atoms with E-state index >= 15 is 0 Å². The van der Waals surface area contributed by atoms with Crippen LogP contribution in [0.5, 0.6) is 0 Å². The van der Waals surface area contributed by atoms with Crippen LogP contribution in [0.2, 0.25) is 0 Å². The number of thiophene rings is 1. The molecule has 2 aromatic heterocycles. The van der Waals surface area contributed by atoms with E-state index in [2.05, 4.69) is 10.5 Å². The fourth-order valence-corrected chi connectivity index (χ4v) is 3.03. The summed E-state index contributed by atoms with van der Waals surface area (Å²) in [6.45, 7) is 1.87. The third-order valence-corrected chi connectivity index (χ3v) is 4.95. The van der Waals surface area contributed by atoms with E-state index in [9.17, 15) is 9.90 Å². The number of rotatable bonds is 6. The van der Waals surface area contributed by atoms with E-state index in [4.69, 9.17) is 4.52 Å². The monoisotopic (exact) mass is 312 g/mol. The lowest BCUT2D eigenvalue weighted by Crippen LogP contribution is -2.41. The standard InChI is InChI=1S/C13H16N2O3S2/c1-8(12(7-16)19-2)14-13(17)9-6-10(18-15-9)11-4-3-5-20-11/h3-6,8,12,16H,7H2,1-2H3,(H,14,17). The predicted molar refractivity (Wildman–Crippen MR) is 81.1 cm³/mol. The Morgan fingerprint density at radius 1 is 1.65 bits per heavy atom. The molecule has 0 aliphatic heterocycles. The summed E-state index contributed by atoms with van der Waals surface area (Å²) in [5, 5.41) is 17.7. The maximum absolute atomic E-state index is 12.1. The van der Waals surface area contributed by atoms with Crippen molar-refractivity contribution in [1.29, 1.82) is 0 Å². The first-order valence-electron chi connectivity index (χ1n) is 6.10. The van der Waals surface area contributed by atoms with Gasteiger partial charge in [-0.2, -0.15) is 11.8 Å². The Kier molecular flexibility index (Phi) is 5.22. The second kappa shape index (κ2) is 6.92. The number of nitrogens with one attached hydrogen (secondary N) is 1. The quantitative estimate of drug-likeness (QED) is 0.855. The van der Waals surface area contributed by atoms with Gasteiger partial charge >= 0.3 is 0 Å². The molecule has 20 heavy (non-hydrogen) atoms. The molecule has 1 amide bonds. The molecule has 2 unspecified atom stereocenters. The maximum atomic E-state index is 12.1. The van der Waals surface area contributed by atoms with Gasteiger partial charge in [0, 0.05) is 17.4 Å². The number of thioether (sulfide) groups is 1. The van der Waals surface area contributed by atoms with Gasteiger partial charge in [-0.3, -0.25) is 4.79 Å². The number of nitrogens with zero attached hydrogens (tertiary/aromatic N) is 1. The molecule has 0 saturated heterocycles. The number of carbonyl (C=O) groups is 1. The Hall–Kier alpha value is -1.31. The van der Waals surface area contributed by atoms with Crippen molar-refractivity contribution in [3.05, 3.63) is 29.3 Å². The van der Waals surface area contributed by atoms with Crippen LogP contribution in [0.25, 0.3) is 10.6 Å². The smallest absolute Gasteiger partial charge is 0.273 e. The maximum Gasteiger partial charge on any atom is 0.273 e. The van der Waals surface area contributed by atoms with Gasteiger partial charge in [-0.05, 0) is 24.6 Å². The summed E-state index contributed by atoms with van der Waals surface area (Å²) >= 11 is 3.04. The fourth-order valence-electron chi connectivity index (χ4n) is 1.73. The normalized spacial score (nSPS) is 13.9. The highest BCUT2D eigenvalue weighted by atomic mass is 32.2. The third-order valence-electron chi connectivity index (χ3n) is 2.91. The van der Waals surface area contributed by atoms with Gasteiger partial charge in [0.05, 0.1) is 11.5 Å². The first-order valence-corrected chi connectivity index (χ1v) is 8.27. The predicted octanol–water partition coefficient (Wildman–Crippen LogP) is 2.25. The molecular formula is C13H16N2O3S2. The van der Waals surface area contributed by atoms with Crippen molar-refractivity contribution >= 4 is 29.0 Å². The van der Waals surface area contributed by atoms with Crippen molar-refractivity contribution in [2.24, 2.45) is 0 Å². The Labute approximate surface area is 125 Å². The lowest BCUT2D eigenvalue weighted by Gasteiger charge is -2.20. The molecule has 0 aromatic carbocycles. The molecule has 0 bridgehead atoms. The van der Waals surface area contributed by atoms with Crippen molar-refractivity contribution in [2.45, 2.75) is 18.2 Å². The van der Waals surface area contributed by atoms with Crippen LogP contribution < -0.4 is 5.32 Å². The molecule has 5 nitrogen and oxygen atoms in total. The third kappa shape index (κ3) is 3.41. The minimum Gasteiger partial charge on any atom is -0.395 e. The molecule has 0 aliphatic carbocycles. The molecule has 0 fully saturated rings. The van der Waals surface area contributed by atoms with Crippen molar-refractivity contribution < 1.29 is 14.4 Å². The van der Waals surface area contributed by atoms with Crippen molar-refractivity contribution in [3.8, 4) is 10.6 Å². The first kappa shape index (κ1) is 15.1. The van der Waals surface area contributed by atoms with Gasteiger partial charge < -0.3 is 14.9 Å². The largest absolute Gasteiger partial charge is 0.395 e. The summed E-state index contributed by atoms with van der Waals surface area (Å²) in [6.07, 6.45) is 1.90. The topological polar surface area (TPSA) is 75.4 Å². The van der Waals surface area contributed by atoms with Crippen LogP contribution in [0.15, 0.2) is 28.1 Å². The van der Waals surface area contributed by atoms with Crippen molar-refractivity contribution in [3.63, 3.8) is 0 Å². The van der Waals surface area contributed by atoms with E-state index in [-0.39, 0.29) is 29.5 Å². The minimum atomic E-state index is -0.295. The second-order valence-electron chi connectivity index (χ2n) is 4.27. The van der Waals surface area contributed by atoms with E-state index in [0.29, 0.717) is 5.76 Å². The molecule has 2 N–H and O–H groups in total. The van der Waals surface area contributed by atoms with Gasteiger partial charge in [-0.1, -0.05) is 11.2 Å². The van der Waals surface area contributed by atoms with Gasteiger partial charge in [0.15, 0.2) is 11.5 Å². The lowest BCUT2D eigenvalue weighted by molar-refractivity contribution is 0.0927. The zero-order valence-electron chi connectivity index (χ0n) is 11.2. The zero-order valence-corrected chi connectivity index (χ0v) is 12.8. The van der Waals surface area contributed by atoms with Gasteiger partial charge in [0.2, 0.25) is 0 Å². The van der Waals surface area contributed by atoms with Crippen LogP contribution >= 0.6 is 23.1 Å². The van der Waals surface area contributed by atoms with E-state index < -0.39 is 0 Å². The highest BCUT2D eigenvalue weighted by Crippen LogP contribution is 2.25. The van der Waals surface area contributed by atoms with Crippen LogP contribution in [0.1, 0.15) is 17.4 Å².